The summed E-state index contributed by atoms with van der Waals surface area (Å²) >= 11 is 0. The lowest BCUT2D eigenvalue weighted by molar-refractivity contribution is 0.0959. The van der Waals surface area contributed by atoms with Gasteiger partial charge in [-0.1, -0.05) is 6.07 Å². The molecule has 0 unspecified atom stereocenters. The first-order chi connectivity index (χ1) is 9.70. The Labute approximate surface area is 114 Å². The van der Waals surface area contributed by atoms with E-state index in [-0.39, 0.29) is 11.6 Å². The monoisotopic (exact) mass is 270 g/mol. The van der Waals surface area contributed by atoms with Crippen molar-refractivity contribution in [3.8, 4) is 5.75 Å². The Kier molecular flexibility index (Phi) is 2.95. The second-order valence-electron chi connectivity index (χ2n) is 4.25. The van der Waals surface area contributed by atoms with Crippen molar-refractivity contribution in [1.29, 1.82) is 0 Å². The molecule has 0 saturated carbocycles. The van der Waals surface area contributed by atoms with Gasteiger partial charge in [0.05, 0.1) is 12.6 Å². The molecule has 20 heavy (non-hydrogen) atoms. The van der Waals surface area contributed by atoms with Crippen LogP contribution in [0.5, 0.6) is 5.75 Å². The van der Waals surface area contributed by atoms with Crippen LogP contribution in [0.4, 0.5) is 4.39 Å². The van der Waals surface area contributed by atoms with Crippen molar-refractivity contribution in [2.24, 2.45) is 0 Å². The standard InChI is InChI=1S/C15H11FN2O2/c1-20-10-5-6-14-11(8-10)12(16)9-18(14)15(19)13-4-2-3-7-17-13/h2-9H,1H3. The fourth-order valence-corrected chi connectivity index (χ4v) is 2.08. The van der Waals surface area contributed by atoms with E-state index in [2.05, 4.69) is 4.98 Å². The maximum Gasteiger partial charge on any atom is 0.281 e. The first kappa shape index (κ1) is 12.3. The van der Waals surface area contributed by atoms with Crippen LogP contribution < -0.4 is 4.74 Å². The Morgan fingerprint density at radius 3 is 2.85 bits per heavy atom. The number of nitrogens with zero attached hydrogens (tertiary/aromatic N) is 2. The van der Waals surface area contributed by atoms with E-state index in [1.165, 1.54) is 24.1 Å². The molecule has 1 aromatic carbocycles. The Bertz CT molecular complexity index is 781. The number of carbonyl (C=O) groups excluding carboxylic acids is 1. The van der Waals surface area contributed by atoms with E-state index in [9.17, 15) is 9.18 Å². The summed E-state index contributed by atoms with van der Waals surface area (Å²) < 4.78 is 20.3. The number of rotatable bonds is 2. The summed E-state index contributed by atoms with van der Waals surface area (Å²) in [6, 6.07) is 9.92. The highest BCUT2D eigenvalue weighted by Gasteiger charge is 2.16. The van der Waals surface area contributed by atoms with Gasteiger partial charge in [-0.25, -0.2) is 4.39 Å². The van der Waals surface area contributed by atoms with Gasteiger partial charge in [-0.15, -0.1) is 0 Å². The molecule has 0 radical (unpaired) electrons. The van der Waals surface area contributed by atoms with Gasteiger partial charge in [-0.2, -0.15) is 0 Å². The quantitative estimate of drug-likeness (QED) is 0.719. The maximum atomic E-state index is 14.0. The molecular weight excluding hydrogens is 259 g/mol. The number of methoxy groups -OCH3 is 1. The third-order valence-electron chi connectivity index (χ3n) is 3.07. The SMILES string of the molecule is COc1ccc2c(c1)c(F)cn2C(=O)c1ccccn1. The van der Waals surface area contributed by atoms with E-state index < -0.39 is 5.82 Å². The molecule has 3 rings (SSSR count). The van der Waals surface area contributed by atoms with Gasteiger partial charge in [0.1, 0.15) is 17.3 Å². The van der Waals surface area contributed by atoms with Crippen LogP contribution >= 0.6 is 0 Å². The highest BCUT2D eigenvalue weighted by Crippen LogP contribution is 2.25. The van der Waals surface area contributed by atoms with E-state index >= 15 is 0 Å². The van der Waals surface area contributed by atoms with E-state index in [0.717, 1.165) is 0 Å². The van der Waals surface area contributed by atoms with Gasteiger partial charge in [-0.05, 0) is 30.3 Å². The lowest BCUT2D eigenvalue weighted by atomic mass is 10.2. The minimum absolute atomic E-state index is 0.264. The summed E-state index contributed by atoms with van der Waals surface area (Å²) in [5.74, 6) is -0.299. The highest BCUT2D eigenvalue weighted by atomic mass is 19.1. The number of fused-ring (bicyclic) bond motifs is 1. The van der Waals surface area contributed by atoms with Crippen LogP contribution in [0.1, 0.15) is 10.5 Å². The zero-order valence-corrected chi connectivity index (χ0v) is 10.7. The molecule has 2 heterocycles. The van der Waals surface area contributed by atoms with Crippen molar-refractivity contribution in [2.45, 2.75) is 0 Å². The van der Waals surface area contributed by atoms with E-state index in [4.69, 9.17) is 4.74 Å². The molecule has 100 valence electrons. The van der Waals surface area contributed by atoms with Gasteiger partial charge < -0.3 is 4.74 Å². The number of benzene rings is 1. The molecule has 0 atom stereocenters. The first-order valence-electron chi connectivity index (χ1n) is 6.01. The van der Waals surface area contributed by atoms with Crippen molar-refractivity contribution >= 4 is 16.8 Å². The molecule has 0 fully saturated rings. The van der Waals surface area contributed by atoms with Gasteiger partial charge >= 0.3 is 0 Å². The van der Waals surface area contributed by atoms with E-state index in [1.807, 2.05) is 0 Å². The molecule has 0 N–H and O–H groups in total. The third kappa shape index (κ3) is 1.93. The largest absolute Gasteiger partial charge is 0.497 e. The predicted molar refractivity (Wildman–Crippen MR) is 72.4 cm³/mol. The number of ether oxygens (including phenoxy) is 1. The zero-order valence-electron chi connectivity index (χ0n) is 10.7. The van der Waals surface area contributed by atoms with Crippen molar-refractivity contribution in [1.82, 2.24) is 9.55 Å². The average Bonchev–Trinajstić information content (AvgIpc) is 2.84. The molecule has 5 heteroatoms. The van der Waals surface area contributed by atoms with Crippen LogP contribution in [0.3, 0.4) is 0 Å². The van der Waals surface area contributed by atoms with Crippen molar-refractivity contribution in [3.05, 3.63) is 60.3 Å². The van der Waals surface area contributed by atoms with Gasteiger partial charge in [0.2, 0.25) is 0 Å². The van der Waals surface area contributed by atoms with Gasteiger partial charge in [-0.3, -0.25) is 14.3 Å². The van der Waals surface area contributed by atoms with E-state index in [0.29, 0.717) is 16.7 Å². The fourth-order valence-electron chi connectivity index (χ4n) is 2.08. The molecule has 0 saturated heterocycles. The zero-order chi connectivity index (χ0) is 14.1. The Morgan fingerprint density at radius 1 is 1.30 bits per heavy atom. The molecular formula is C15H11FN2O2. The topological polar surface area (TPSA) is 44.1 Å². The minimum atomic E-state index is -0.469. The molecule has 0 aliphatic rings. The van der Waals surface area contributed by atoms with E-state index in [1.54, 1.807) is 36.4 Å². The number of aromatic nitrogens is 2. The van der Waals surface area contributed by atoms with Gasteiger partial charge in [0.15, 0.2) is 0 Å². The molecule has 2 aromatic heterocycles. The maximum absolute atomic E-state index is 14.0. The van der Waals surface area contributed by atoms with Gasteiger partial charge in [0, 0.05) is 17.8 Å². The summed E-state index contributed by atoms with van der Waals surface area (Å²) in [6.45, 7) is 0. The summed E-state index contributed by atoms with van der Waals surface area (Å²) in [4.78, 5) is 16.3. The molecule has 3 aromatic rings. The Balaban J connectivity index is 2.15. The number of halogens is 1. The second-order valence-corrected chi connectivity index (χ2v) is 4.25. The normalized spacial score (nSPS) is 10.7. The minimum Gasteiger partial charge on any atom is -0.497 e. The predicted octanol–water partition coefficient (Wildman–Crippen LogP) is 2.87. The van der Waals surface area contributed by atoms with Gasteiger partial charge in [0.25, 0.3) is 5.91 Å². The van der Waals surface area contributed by atoms with Crippen LogP contribution in [0.2, 0.25) is 0 Å². The van der Waals surface area contributed by atoms with Crippen LogP contribution in [0.15, 0.2) is 48.8 Å². The lowest BCUT2D eigenvalue weighted by Crippen LogP contribution is -2.12. The molecule has 0 spiro atoms. The molecule has 0 amide bonds. The summed E-state index contributed by atoms with van der Waals surface area (Å²) in [6.07, 6.45) is 2.69. The van der Waals surface area contributed by atoms with Crippen molar-refractivity contribution in [2.75, 3.05) is 7.11 Å². The Morgan fingerprint density at radius 2 is 2.15 bits per heavy atom. The molecule has 0 aliphatic carbocycles. The summed E-state index contributed by atoms with van der Waals surface area (Å²) in [5.41, 5.74) is 0.749. The molecule has 4 nitrogen and oxygen atoms in total. The average molecular weight is 270 g/mol. The van der Waals surface area contributed by atoms with Crippen LogP contribution in [0, 0.1) is 5.82 Å². The number of hydrogen-bond acceptors (Lipinski definition) is 3. The first-order valence-corrected chi connectivity index (χ1v) is 6.01. The van der Waals surface area contributed by atoms with Crippen molar-refractivity contribution in [3.63, 3.8) is 0 Å². The lowest BCUT2D eigenvalue weighted by Gasteiger charge is -2.04. The molecule has 0 bridgehead atoms. The Hall–Kier alpha value is -2.69. The fraction of sp³-hybridized carbons (Fsp3) is 0.0667. The summed E-state index contributed by atoms with van der Waals surface area (Å²) in [7, 11) is 1.51. The van der Waals surface area contributed by atoms with Crippen LogP contribution in [-0.2, 0) is 0 Å². The molecule has 0 aliphatic heterocycles. The second kappa shape index (κ2) is 4.77. The number of pyridine rings is 1. The smallest absolute Gasteiger partial charge is 0.281 e. The third-order valence-corrected chi connectivity index (χ3v) is 3.07. The van der Waals surface area contributed by atoms with Crippen LogP contribution in [0.25, 0.3) is 10.9 Å². The number of hydrogen-bond donors (Lipinski definition) is 0. The highest BCUT2D eigenvalue weighted by molar-refractivity contribution is 6.01. The van der Waals surface area contributed by atoms with Crippen LogP contribution in [-0.4, -0.2) is 22.6 Å². The van der Waals surface area contributed by atoms with Crippen molar-refractivity contribution < 1.29 is 13.9 Å². The summed E-state index contributed by atoms with van der Waals surface area (Å²) in [5, 5.41) is 0.341. The number of carbonyl (C=O) groups is 1.